The normalized spacial score (nSPS) is 27.8. The average molecular weight is 238 g/mol. The molecule has 1 rings (SSSR count). The maximum atomic E-state index is 3.47. The highest BCUT2D eigenvalue weighted by molar-refractivity contribution is 9.12. The smallest absolute Gasteiger partial charge is 0.0373 e. The molecule has 0 fully saturated rings. The molecule has 0 aromatic carbocycles. The fraction of sp³-hybridized carbons (Fsp3) is 0.333. The molecule has 0 radical (unpaired) electrons. The summed E-state index contributed by atoms with van der Waals surface area (Å²) in [6, 6.07) is 0. The van der Waals surface area contributed by atoms with E-state index in [-0.39, 0.29) is 0 Å². The molecule has 0 nitrogen and oxygen atoms in total. The summed E-state index contributed by atoms with van der Waals surface area (Å²) in [5, 5.41) is 0. The Labute approximate surface area is 65.9 Å². The Morgan fingerprint density at radius 2 is 2.38 bits per heavy atom. The molecule has 8 heavy (non-hydrogen) atoms. The van der Waals surface area contributed by atoms with Gasteiger partial charge in [0.1, 0.15) is 0 Å². The van der Waals surface area contributed by atoms with Crippen LogP contribution in [0.5, 0.6) is 0 Å². The van der Waals surface area contributed by atoms with E-state index in [4.69, 9.17) is 0 Å². The van der Waals surface area contributed by atoms with Crippen molar-refractivity contribution in [3.05, 3.63) is 22.7 Å². The molecule has 1 aliphatic carbocycles. The first-order chi connectivity index (χ1) is 3.79. The van der Waals surface area contributed by atoms with Crippen molar-refractivity contribution in [2.75, 3.05) is 0 Å². The zero-order chi connectivity index (χ0) is 5.98. The van der Waals surface area contributed by atoms with E-state index in [2.05, 4.69) is 44.0 Å². The van der Waals surface area contributed by atoms with Gasteiger partial charge in [-0.2, -0.15) is 0 Å². The van der Waals surface area contributed by atoms with Gasteiger partial charge in [-0.25, -0.2) is 0 Å². The van der Waals surface area contributed by atoms with E-state index in [0.717, 1.165) is 6.42 Å². The summed E-state index contributed by atoms with van der Waals surface area (Å²) in [7, 11) is 0. The van der Waals surface area contributed by atoms with E-state index in [1.54, 1.807) is 0 Å². The summed E-state index contributed by atoms with van der Waals surface area (Å²) in [4.78, 5) is 0.530. The molecule has 1 atom stereocenters. The van der Waals surface area contributed by atoms with Gasteiger partial charge in [-0.15, -0.1) is 0 Å². The molecule has 1 unspecified atom stereocenters. The fourth-order valence-electron chi connectivity index (χ4n) is 0.603. The maximum Gasteiger partial charge on any atom is 0.0373 e. The van der Waals surface area contributed by atoms with Gasteiger partial charge in [0, 0.05) is 4.83 Å². The van der Waals surface area contributed by atoms with Gasteiger partial charge >= 0.3 is 0 Å². The maximum absolute atomic E-state index is 3.47. The van der Waals surface area contributed by atoms with Gasteiger partial charge in [-0.05, 0) is 10.9 Å². The summed E-state index contributed by atoms with van der Waals surface area (Å²) in [5.74, 6) is 0. The Bertz CT molecular complexity index is 135. The third-order valence-electron chi connectivity index (χ3n) is 0.987. The summed E-state index contributed by atoms with van der Waals surface area (Å²) in [6.45, 7) is 0. The van der Waals surface area contributed by atoms with Crippen molar-refractivity contribution in [2.45, 2.75) is 11.2 Å². The average Bonchev–Trinajstić information content (AvgIpc) is 1.64. The van der Waals surface area contributed by atoms with E-state index in [9.17, 15) is 0 Å². The largest absolute Gasteiger partial charge is 0.0841 e. The van der Waals surface area contributed by atoms with E-state index < -0.39 is 0 Å². The number of alkyl halides is 1. The van der Waals surface area contributed by atoms with Gasteiger partial charge in [0.15, 0.2) is 0 Å². The number of halogens is 2. The molecule has 0 aliphatic heterocycles. The lowest BCUT2D eigenvalue weighted by Crippen LogP contribution is -1.94. The molecule has 0 aromatic heterocycles. The second-order valence-electron chi connectivity index (χ2n) is 1.72. The quantitative estimate of drug-likeness (QED) is 0.569. The van der Waals surface area contributed by atoms with Crippen molar-refractivity contribution in [3.63, 3.8) is 0 Å². The highest BCUT2D eigenvalue weighted by Gasteiger charge is 2.03. The Morgan fingerprint density at radius 3 is 2.75 bits per heavy atom. The van der Waals surface area contributed by atoms with Crippen LogP contribution in [0.2, 0.25) is 0 Å². The molecule has 0 heterocycles. The van der Waals surface area contributed by atoms with Crippen LogP contribution in [0.4, 0.5) is 0 Å². The minimum absolute atomic E-state index is 0.530. The van der Waals surface area contributed by atoms with Crippen molar-refractivity contribution in [1.82, 2.24) is 0 Å². The Kier molecular flexibility index (Phi) is 2.32. The molecule has 0 spiro atoms. The van der Waals surface area contributed by atoms with Crippen molar-refractivity contribution in [2.24, 2.45) is 0 Å². The van der Waals surface area contributed by atoms with Gasteiger partial charge in [-0.3, -0.25) is 0 Å². The molecule has 0 N–H and O–H groups in total. The van der Waals surface area contributed by atoms with Crippen LogP contribution in [-0.4, -0.2) is 4.83 Å². The predicted molar refractivity (Wildman–Crippen MR) is 43.5 cm³/mol. The molecule has 2 heteroatoms. The zero-order valence-electron chi connectivity index (χ0n) is 4.27. The monoisotopic (exact) mass is 236 g/mol. The van der Waals surface area contributed by atoms with Gasteiger partial charge in [0.05, 0.1) is 0 Å². The summed E-state index contributed by atoms with van der Waals surface area (Å²) in [6.07, 6.45) is 7.33. The standard InChI is InChI=1S/C6H6Br2/c7-5-2-1-3-6(8)4-5/h1-3,5H,4H2. The Hall–Kier alpha value is 0.440. The van der Waals surface area contributed by atoms with Crippen molar-refractivity contribution in [3.8, 4) is 0 Å². The summed E-state index contributed by atoms with van der Waals surface area (Å²) >= 11 is 6.88. The first-order valence-corrected chi connectivity index (χ1v) is 4.17. The minimum atomic E-state index is 0.530. The van der Waals surface area contributed by atoms with Crippen molar-refractivity contribution in [1.29, 1.82) is 0 Å². The molecular formula is C6H6Br2. The third-order valence-corrected chi connectivity index (χ3v) is 2.20. The lowest BCUT2D eigenvalue weighted by Gasteiger charge is -2.05. The van der Waals surface area contributed by atoms with E-state index >= 15 is 0 Å². The van der Waals surface area contributed by atoms with Crippen LogP contribution < -0.4 is 0 Å². The SMILES string of the molecule is BrC1=CC=CC(Br)C1. The van der Waals surface area contributed by atoms with Crippen LogP contribution in [0.3, 0.4) is 0 Å². The van der Waals surface area contributed by atoms with Crippen molar-refractivity contribution < 1.29 is 0 Å². The van der Waals surface area contributed by atoms with E-state index in [1.165, 1.54) is 4.48 Å². The van der Waals surface area contributed by atoms with Crippen LogP contribution in [0, 0.1) is 0 Å². The van der Waals surface area contributed by atoms with Gasteiger partial charge < -0.3 is 0 Å². The van der Waals surface area contributed by atoms with Crippen LogP contribution in [-0.2, 0) is 0 Å². The Balaban J connectivity index is 2.59. The topological polar surface area (TPSA) is 0 Å². The lowest BCUT2D eigenvalue weighted by atomic mass is 10.2. The number of rotatable bonds is 0. The van der Waals surface area contributed by atoms with E-state index in [1.807, 2.05) is 6.08 Å². The molecule has 1 aliphatic rings. The molecule has 44 valence electrons. The highest BCUT2D eigenvalue weighted by Crippen LogP contribution is 2.22. The second kappa shape index (κ2) is 2.83. The molecule has 0 amide bonds. The van der Waals surface area contributed by atoms with Crippen LogP contribution >= 0.6 is 31.9 Å². The van der Waals surface area contributed by atoms with Gasteiger partial charge in [-0.1, -0.05) is 50.1 Å². The first kappa shape index (κ1) is 6.56. The fourth-order valence-corrected chi connectivity index (χ4v) is 2.06. The van der Waals surface area contributed by atoms with Crippen LogP contribution in [0.1, 0.15) is 6.42 Å². The molecule has 0 bridgehead atoms. The Morgan fingerprint density at radius 1 is 1.62 bits per heavy atom. The van der Waals surface area contributed by atoms with Gasteiger partial charge in [0.2, 0.25) is 0 Å². The highest BCUT2D eigenvalue weighted by atomic mass is 79.9. The predicted octanol–water partition coefficient (Wildman–Crippen LogP) is 2.99. The molecule has 0 saturated heterocycles. The number of hydrogen-bond donors (Lipinski definition) is 0. The minimum Gasteiger partial charge on any atom is -0.0841 e. The number of allylic oxidation sites excluding steroid dienone is 4. The van der Waals surface area contributed by atoms with Gasteiger partial charge in [0.25, 0.3) is 0 Å². The first-order valence-electron chi connectivity index (χ1n) is 2.46. The van der Waals surface area contributed by atoms with E-state index in [0.29, 0.717) is 4.83 Å². The second-order valence-corrected chi connectivity index (χ2v) is 3.91. The lowest BCUT2D eigenvalue weighted by molar-refractivity contribution is 1.06. The molecule has 0 saturated carbocycles. The van der Waals surface area contributed by atoms with Crippen LogP contribution in [0.15, 0.2) is 22.7 Å². The number of hydrogen-bond acceptors (Lipinski definition) is 0. The molecular weight excluding hydrogens is 232 g/mol. The molecule has 0 aromatic rings. The van der Waals surface area contributed by atoms with Crippen LogP contribution in [0.25, 0.3) is 0 Å². The van der Waals surface area contributed by atoms with Crippen molar-refractivity contribution >= 4 is 31.9 Å². The summed E-state index contributed by atoms with van der Waals surface area (Å²) in [5.41, 5.74) is 0. The third kappa shape index (κ3) is 1.75. The zero-order valence-corrected chi connectivity index (χ0v) is 7.44. The summed E-state index contributed by atoms with van der Waals surface area (Å²) < 4.78 is 1.27.